The zero-order valence-electron chi connectivity index (χ0n) is 15.5. The van der Waals surface area contributed by atoms with Crippen molar-refractivity contribution < 1.29 is 5.11 Å². The molecule has 1 aromatic heterocycles. The molecule has 3 N–H and O–H groups in total. The fourth-order valence-electron chi connectivity index (χ4n) is 4.23. The first-order chi connectivity index (χ1) is 12.1. The maximum absolute atomic E-state index is 9.55. The Hall–Kier alpha value is -1.44. The van der Waals surface area contributed by atoms with Crippen LogP contribution in [0.2, 0.25) is 0 Å². The first-order valence-corrected chi connectivity index (χ1v) is 9.51. The summed E-state index contributed by atoms with van der Waals surface area (Å²) in [5.74, 6) is 1.40. The molecule has 0 aromatic carbocycles. The van der Waals surface area contributed by atoms with Gasteiger partial charge in [0.15, 0.2) is 0 Å². The highest BCUT2D eigenvalue weighted by Crippen LogP contribution is 2.26. The number of aromatic nitrogens is 2. The Bertz CT molecular complexity index is 546. The van der Waals surface area contributed by atoms with E-state index in [0.717, 1.165) is 31.9 Å². The maximum atomic E-state index is 9.55. The van der Waals surface area contributed by atoms with Gasteiger partial charge < -0.3 is 20.6 Å². The lowest BCUT2D eigenvalue weighted by molar-refractivity contribution is 0.0463. The van der Waals surface area contributed by atoms with Crippen LogP contribution in [0.15, 0.2) is 12.4 Å². The molecule has 0 saturated carbocycles. The van der Waals surface area contributed by atoms with Crippen molar-refractivity contribution in [2.45, 2.75) is 51.2 Å². The van der Waals surface area contributed by atoms with E-state index in [4.69, 9.17) is 5.73 Å². The SMILES string of the molecule is CC(C)N1CCC(N2CCN(c3cc(N)ncn3)CC2CCO)CC1. The maximum Gasteiger partial charge on any atom is 0.134 e. The average Bonchev–Trinajstić information content (AvgIpc) is 2.62. The molecule has 0 bridgehead atoms. The highest BCUT2D eigenvalue weighted by Gasteiger charge is 2.34. The number of anilines is 2. The van der Waals surface area contributed by atoms with E-state index in [1.165, 1.54) is 32.3 Å². The molecule has 1 atom stereocenters. The van der Waals surface area contributed by atoms with Crippen LogP contribution in [0.5, 0.6) is 0 Å². The Labute approximate surface area is 150 Å². The van der Waals surface area contributed by atoms with Crippen LogP contribution in [0.4, 0.5) is 11.6 Å². The molecule has 1 unspecified atom stereocenters. The predicted octanol–water partition coefficient (Wildman–Crippen LogP) is 0.805. The molecular formula is C18H32N6O. The highest BCUT2D eigenvalue weighted by atomic mass is 16.3. The number of aliphatic hydroxyl groups excluding tert-OH is 1. The minimum absolute atomic E-state index is 0.228. The van der Waals surface area contributed by atoms with Crippen molar-refractivity contribution >= 4 is 11.6 Å². The van der Waals surface area contributed by atoms with Gasteiger partial charge in [0.25, 0.3) is 0 Å². The second-order valence-electron chi connectivity index (χ2n) is 7.51. The molecule has 2 aliphatic rings. The Morgan fingerprint density at radius 3 is 2.60 bits per heavy atom. The number of aliphatic hydroxyl groups is 1. The number of nitrogens with zero attached hydrogens (tertiary/aromatic N) is 5. The summed E-state index contributed by atoms with van der Waals surface area (Å²) in [6, 6.07) is 3.47. The number of nitrogen functional groups attached to an aromatic ring is 1. The summed E-state index contributed by atoms with van der Waals surface area (Å²) in [4.78, 5) is 15.8. The van der Waals surface area contributed by atoms with Crippen LogP contribution in [0.25, 0.3) is 0 Å². The summed E-state index contributed by atoms with van der Waals surface area (Å²) in [6.07, 6.45) is 4.78. The summed E-state index contributed by atoms with van der Waals surface area (Å²) in [7, 11) is 0. The number of hydrogen-bond acceptors (Lipinski definition) is 7. The second-order valence-corrected chi connectivity index (χ2v) is 7.51. The topological polar surface area (TPSA) is 81.8 Å². The zero-order valence-corrected chi connectivity index (χ0v) is 15.5. The summed E-state index contributed by atoms with van der Waals surface area (Å²) in [5.41, 5.74) is 5.81. The van der Waals surface area contributed by atoms with E-state index in [9.17, 15) is 5.11 Å². The minimum atomic E-state index is 0.228. The normalized spacial score (nSPS) is 24.2. The van der Waals surface area contributed by atoms with E-state index in [-0.39, 0.29) is 6.61 Å². The number of nitrogens with two attached hydrogens (primary N) is 1. The van der Waals surface area contributed by atoms with Gasteiger partial charge in [-0.3, -0.25) is 4.90 Å². The molecule has 140 valence electrons. The van der Waals surface area contributed by atoms with Gasteiger partial charge in [0.2, 0.25) is 0 Å². The molecule has 25 heavy (non-hydrogen) atoms. The van der Waals surface area contributed by atoms with E-state index in [0.29, 0.717) is 23.9 Å². The molecule has 0 radical (unpaired) electrons. The van der Waals surface area contributed by atoms with Gasteiger partial charge in [0.05, 0.1) is 0 Å². The van der Waals surface area contributed by atoms with Gasteiger partial charge >= 0.3 is 0 Å². The van der Waals surface area contributed by atoms with Crippen LogP contribution in [0.3, 0.4) is 0 Å². The lowest BCUT2D eigenvalue weighted by Gasteiger charge is -2.48. The number of piperazine rings is 1. The molecule has 2 fully saturated rings. The van der Waals surface area contributed by atoms with Gasteiger partial charge in [-0.2, -0.15) is 0 Å². The van der Waals surface area contributed by atoms with E-state index in [1.807, 2.05) is 6.07 Å². The predicted molar refractivity (Wildman–Crippen MR) is 101 cm³/mol. The Kier molecular flexibility index (Phi) is 6.09. The first kappa shape index (κ1) is 18.4. The highest BCUT2D eigenvalue weighted by molar-refractivity contribution is 5.46. The van der Waals surface area contributed by atoms with Crippen molar-refractivity contribution in [2.24, 2.45) is 0 Å². The largest absolute Gasteiger partial charge is 0.396 e. The van der Waals surface area contributed by atoms with Crippen LogP contribution in [-0.2, 0) is 0 Å². The monoisotopic (exact) mass is 348 g/mol. The van der Waals surface area contributed by atoms with Gasteiger partial charge in [0, 0.05) is 50.4 Å². The Morgan fingerprint density at radius 1 is 1.20 bits per heavy atom. The van der Waals surface area contributed by atoms with Gasteiger partial charge in [-0.05, 0) is 46.2 Å². The van der Waals surface area contributed by atoms with E-state index < -0.39 is 0 Å². The van der Waals surface area contributed by atoms with E-state index in [2.05, 4.69) is 38.5 Å². The number of rotatable bonds is 5. The smallest absolute Gasteiger partial charge is 0.134 e. The molecule has 3 heterocycles. The number of hydrogen-bond donors (Lipinski definition) is 2. The van der Waals surface area contributed by atoms with Crippen molar-refractivity contribution in [3.63, 3.8) is 0 Å². The molecule has 2 saturated heterocycles. The molecule has 7 nitrogen and oxygen atoms in total. The summed E-state index contributed by atoms with van der Waals surface area (Å²) < 4.78 is 0. The molecule has 1 aromatic rings. The van der Waals surface area contributed by atoms with Crippen molar-refractivity contribution in [3.8, 4) is 0 Å². The summed E-state index contributed by atoms with van der Waals surface area (Å²) >= 11 is 0. The zero-order chi connectivity index (χ0) is 17.8. The van der Waals surface area contributed by atoms with Crippen molar-refractivity contribution in [3.05, 3.63) is 12.4 Å². The lowest BCUT2D eigenvalue weighted by Crippen LogP contribution is -2.59. The van der Waals surface area contributed by atoms with E-state index in [1.54, 1.807) is 0 Å². The van der Waals surface area contributed by atoms with Crippen molar-refractivity contribution in [1.82, 2.24) is 19.8 Å². The molecule has 0 amide bonds. The molecule has 3 rings (SSSR count). The number of piperidine rings is 1. The fraction of sp³-hybridized carbons (Fsp3) is 0.778. The Balaban J connectivity index is 1.64. The third-order valence-electron chi connectivity index (χ3n) is 5.69. The standard InChI is InChI=1S/C18H32N6O/c1-14(2)22-6-3-15(4-7-22)24-9-8-23(12-16(24)5-10-25)18-11-17(19)20-13-21-18/h11,13-16,25H,3-10,12H2,1-2H3,(H2,19,20,21). The number of likely N-dealkylation sites (tertiary alicyclic amines) is 1. The summed E-state index contributed by atoms with van der Waals surface area (Å²) in [6.45, 7) is 9.99. The third-order valence-corrected chi connectivity index (χ3v) is 5.69. The third kappa shape index (κ3) is 4.40. The Morgan fingerprint density at radius 2 is 1.96 bits per heavy atom. The molecule has 0 spiro atoms. The molecule has 0 aliphatic carbocycles. The van der Waals surface area contributed by atoms with Crippen LogP contribution < -0.4 is 10.6 Å². The quantitative estimate of drug-likeness (QED) is 0.815. The van der Waals surface area contributed by atoms with Crippen LogP contribution in [0.1, 0.15) is 33.1 Å². The molecule has 2 aliphatic heterocycles. The van der Waals surface area contributed by atoms with Crippen molar-refractivity contribution in [2.75, 3.05) is 50.0 Å². The van der Waals surface area contributed by atoms with Gasteiger partial charge in [-0.25, -0.2) is 9.97 Å². The van der Waals surface area contributed by atoms with Gasteiger partial charge in [-0.1, -0.05) is 0 Å². The van der Waals surface area contributed by atoms with Crippen LogP contribution in [0, 0.1) is 0 Å². The van der Waals surface area contributed by atoms with Gasteiger partial charge in [-0.15, -0.1) is 0 Å². The van der Waals surface area contributed by atoms with Crippen LogP contribution >= 0.6 is 0 Å². The summed E-state index contributed by atoms with van der Waals surface area (Å²) in [5, 5.41) is 9.55. The molecule has 7 heteroatoms. The average molecular weight is 348 g/mol. The van der Waals surface area contributed by atoms with E-state index >= 15 is 0 Å². The lowest BCUT2D eigenvalue weighted by atomic mass is 9.97. The minimum Gasteiger partial charge on any atom is -0.396 e. The fourth-order valence-corrected chi connectivity index (χ4v) is 4.23. The second kappa shape index (κ2) is 8.29. The van der Waals surface area contributed by atoms with Gasteiger partial charge in [0.1, 0.15) is 18.0 Å². The van der Waals surface area contributed by atoms with Crippen molar-refractivity contribution in [1.29, 1.82) is 0 Å². The first-order valence-electron chi connectivity index (χ1n) is 9.51. The van der Waals surface area contributed by atoms with Crippen LogP contribution in [-0.4, -0.2) is 82.3 Å². The molecular weight excluding hydrogens is 316 g/mol.